The van der Waals surface area contributed by atoms with Crippen LogP contribution in [-0.4, -0.2) is 48.5 Å². The van der Waals surface area contributed by atoms with Gasteiger partial charge in [-0.3, -0.25) is 4.55 Å². The topological polar surface area (TPSA) is 98.1 Å². The van der Waals surface area contributed by atoms with E-state index >= 15 is 0 Å². The Morgan fingerprint density at radius 1 is 0.556 bits per heavy atom. The van der Waals surface area contributed by atoms with Crippen LogP contribution in [0.25, 0.3) is 10.8 Å². The molecule has 0 spiro atoms. The molecule has 0 amide bonds. The lowest BCUT2D eigenvalue weighted by atomic mass is 10.0. The molecule has 0 aliphatic rings. The molecule has 2 aromatic carbocycles. The Hall–Kier alpha value is -1.67. The van der Waals surface area contributed by atoms with E-state index < -0.39 is 22.3 Å². The van der Waals surface area contributed by atoms with Gasteiger partial charge in [-0.05, 0) is 25.0 Å². The second kappa shape index (κ2) is 23.6. The van der Waals surface area contributed by atoms with E-state index in [0.29, 0.717) is 36.7 Å². The number of hydrogen-bond donors (Lipinski definition) is 3. The molecule has 258 valence electrons. The average Bonchev–Trinajstić information content (AvgIpc) is 3.01. The van der Waals surface area contributed by atoms with Crippen LogP contribution in [0.5, 0.6) is 0 Å². The Morgan fingerprint density at radius 3 is 1.33 bits per heavy atom. The molecule has 2 rings (SSSR count). The molecule has 0 fully saturated rings. The van der Waals surface area contributed by atoms with Crippen molar-refractivity contribution in [2.24, 2.45) is 0 Å². The van der Waals surface area contributed by atoms with Gasteiger partial charge in [-0.15, -0.1) is 0 Å². The molecule has 45 heavy (non-hydrogen) atoms. The van der Waals surface area contributed by atoms with E-state index in [1.165, 1.54) is 109 Å². The van der Waals surface area contributed by atoms with Gasteiger partial charge in [0.1, 0.15) is 4.90 Å². The predicted octanol–water partition coefficient (Wildman–Crippen LogP) is 10.2. The fourth-order valence-electron chi connectivity index (χ4n) is 6.45. The van der Waals surface area contributed by atoms with Crippen LogP contribution in [-0.2, 0) is 10.1 Å². The zero-order valence-electron chi connectivity index (χ0n) is 28.6. The van der Waals surface area contributed by atoms with Crippen LogP contribution in [0.1, 0.15) is 155 Å². The Bertz CT molecular complexity index is 1110. The van der Waals surface area contributed by atoms with Crippen LogP contribution in [0.15, 0.2) is 41.3 Å². The standard InChI is InChI=1S/C38H65NO5S/c1-3-5-7-9-11-13-15-17-19-21-25-33(40)31-39(32-34(41)26-22-20-18-16-14-12-10-8-6-4-2)37-29-30-38(45(42,43)44)36-28-24-23-27-35(36)37/h23-24,27-30,33-34,40-41H,3-22,25-26,31-32H2,1-2H3,(H,42,43,44). The summed E-state index contributed by atoms with van der Waals surface area (Å²) in [4.78, 5) is 1.89. The number of aliphatic hydroxyl groups excluding tert-OH is 2. The molecule has 2 aromatic rings. The first-order valence-corrected chi connectivity index (χ1v) is 19.8. The summed E-state index contributed by atoms with van der Waals surface area (Å²) in [5.41, 5.74) is 0.766. The third-order valence-corrected chi connectivity index (χ3v) is 10.0. The number of benzene rings is 2. The van der Waals surface area contributed by atoms with Gasteiger partial charge in [-0.1, -0.05) is 167 Å². The average molecular weight is 648 g/mol. The normalized spacial score (nSPS) is 13.4. The maximum atomic E-state index is 12.1. The van der Waals surface area contributed by atoms with Crippen molar-refractivity contribution >= 4 is 26.6 Å². The van der Waals surface area contributed by atoms with E-state index in [-0.39, 0.29) is 4.90 Å². The molecule has 0 saturated heterocycles. The first-order valence-electron chi connectivity index (χ1n) is 18.4. The molecule has 6 nitrogen and oxygen atoms in total. The first-order chi connectivity index (χ1) is 21.8. The molecule has 0 radical (unpaired) electrons. The summed E-state index contributed by atoms with van der Waals surface area (Å²) in [6.07, 6.45) is 25.2. The van der Waals surface area contributed by atoms with E-state index in [1.807, 2.05) is 17.0 Å². The van der Waals surface area contributed by atoms with E-state index in [4.69, 9.17) is 0 Å². The molecule has 0 aliphatic carbocycles. The highest BCUT2D eigenvalue weighted by Gasteiger charge is 2.22. The fraction of sp³-hybridized carbons (Fsp3) is 0.737. The van der Waals surface area contributed by atoms with Gasteiger partial charge in [0.2, 0.25) is 0 Å². The fourth-order valence-corrected chi connectivity index (χ4v) is 7.15. The highest BCUT2D eigenvalue weighted by Crippen LogP contribution is 2.32. The first kappa shape index (κ1) is 39.5. The second-order valence-electron chi connectivity index (χ2n) is 13.3. The highest BCUT2D eigenvalue weighted by atomic mass is 32.2. The van der Waals surface area contributed by atoms with Crippen LogP contribution < -0.4 is 4.90 Å². The number of rotatable bonds is 28. The zero-order valence-corrected chi connectivity index (χ0v) is 29.4. The molecule has 0 aliphatic heterocycles. The predicted molar refractivity (Wildman–Crippen MR) is 191 cm³/mol. The summed E-state index contributed by atoms with van der Waals surface area (Å²) in [7, 11) is -4.39. The minimum atomic E-state index is -4.39. The molecular weight excluding hydrogens is 582 g/mol. The third-order valence-electron chi connectivity index (χ3n) is 9.12. The van der Waals surface area contributed by atoms with Gasteiger partial charge in [-0.25, -0.2) is 0 Å². The maximum Gasteiger partial charge on any atom is 0.295 e. The number of nitrogens with zero attached hydrogens (tertiary/aromatic N) is 1. The molecule has 0 saturated carbocycles. The summed E-state index contributed by atoms with van der Waals surface area (Å²) in [6.45, 7) is 5.22. The van der Waals surface area contributed by atoms with Gasteiger partial charge in [0.25, 0.3) is 10.1 Å². The number of anilines is 1. The molecule has 2 unspecified atom stereocenters. The summed E-state index contributed by atoms with van der Waals surface area (Å²) in [6, 6.07) is 10.3. The van der Waals surface area contributed by atoms with E-state index in [1.54, 1.807) is 18.2 Å². The Labute approximate surface area is 275 Å². The molecule has 0 bridgehead atoms. The van der Waals surface area contributed by atoms with Crippen LogP contribution in [0.2, 0.25) is 0 Å². The van der Waals surface area contributed by atoms with Crippen molar-refractivity contribution in [3.63, 3.8) is 0 Å². The van der Waals surface area contributed by atoms with Crippen molar-refractivity contribution in [2.45, 2.75) is 172 Å². The number of hydrogen-bond acceptors (Lipinski definition) is 5. The van der Waals surface area contributed by atoms with Crippen molar-refractivity contribution in [3.8, 4) is 0 Å². The largest absolute Gasteiger partial charge is 0.391 e. The maximum absolute atomic E-state index is 12.1. The summed E-state index contributed by atoms with van der Waals surface area (Å²) in [5.74, 6) is 0. The number of unbranched alkanes of at least 4 members (excludes halogenated alkanes) is 18. The molecule has 3 N–H and O–H groups in total. The molecule has 0 heterocycles. The Kier molecular flexibility index (Phi) is 20.7. The van der Waals surface area contributed by atoms with Crippen LogP contribution >= 0.6 is 0 Å². The Balaban J connectivity index is 1.94. The quantitative estimate of drug-likeness (QED) is 0.0628. The molecular formula is C38H65NO5S. The van der Waals surface area contributed by atoms with Crippen molar-refractivity contribution in [3.05, 3.63) is 36.4 Å². The monoisotopic (exact) mass is 647 g/mol. The van der Waals surface area contributed by atoms with Gasteiger partial charge >= 0.3 is 0 Å². The highest BCUT2D eigenvalue weighted by molar-refractivity contribution is 7.86. The van der Waals surface area contributed by atoms with Crippen LogP contribution in [0.4, 0.5) is 5.69 Å². The van der Waals surface area contributed by atoms with Crippen molar-refractivity contribution in [2.75, 3.05) is 18.0 Å². The minimum absolute atomic E-state index is 0.126. The van der Waals surface area contributed by atoms with Gasteiger partial charge in [0.05, 0.1) is 12.2 Å². The number of aliphatic hydroxyl groups is 2. The third kappa shape index (κ3) is 16.6. The van der Waals surface area contributed by atoms with E-state index in [9.17, 15) is 23.2 Å². The lowest BCUT2D eigenvalue weighted by Gasteiger charge is -2.31. The lowest BCUT2D eigenvalue weighted by molar-refractivity contribution is 0.145. The minimum Gasteiger partial charge on any atom is -0.391 e. The zero-order chi connectivity index (χ0) is 32.8. The van der Waals surface area contributed by atoms with E-state index in [0.717, 1.165) is 31.4 Å². The van der Waals surface area contributed by atoms with Crippen LogP contribution in [0, 0.1) is 0 Å². The summed E-state index contributed by atoms with van der Waals surface area (Å²) in [5, 5.41) is 23.3. The van der Waals surface area contributed by atoms with Crippen molar-refractivity contribution in [1.82, 2.24) is 0 Å². The number of fused-ring (bicyclic) bond motifs is 1. The summed E-state index contributed by atoms with van der Waals surface area (Å²) >= 11 is 0. The van der Waals surface area contributed by atoms with E-state index in [2.05, 4.69) is 13.8 Å². The lowest BCUT2D eigenvalue weighted by Crippen LogP contribution is -2.38. The molecule has 2 atom stereocenters. The van der Waals surface area contributed by atoms with Gasteiger partial charge in [0, 0.05) is 29.5 Å². The Morgan fingerprint density at radius 2 is 0.933 bits per heavy atom. The van der Waals surface area contributed by atoms with Gasteiger partial charge < -0.3 is 15.1 Å². The van der Waals surface area contributed by atoms with Crippen LogP contribution in [0.3, 0.4) is 0 Å². The van der Waals surface area contributed by atoms with Crippen molar-refractivity contribution < 1.29 is 23.2 Å². The SMILES string of the molecule is CCCCCCCCCCCCC(O)CN(CC(O)CCCCCCCCCCCC)c1ccc(S(=O)(=O)O)c2ccccc12. The van der Waals surface area contributed by atoms with Gasteiger partial charge in [-0.2, -0.15) is 8.42 Å². The molecule has 7 heteroatoms. The smallest absolute Gasteiger partial charge is 0.295 e. The molecule has 0 aromatic heterocycles. The summed E-state index contributed by atoms with van der Waals surface area (Å²) < 4.78 is 34.0. The second-order valence-corrected chi connectivity index (χ2v) is 14.6. The van der Waals surface area contributed by atoms with Crippen molar-refractivity contribution in [1.29, 1.82) is 0 Å². The van der Waals surface area contributed by atoms with Gasteiger partial charge in [0.15, 0.2) is 0 Å².